The first-order valence-electron chi connectivity index (χ1n) is 7.01. The molecule has 1 aromatic carbocycles. The van der Waals surface area contributed by atoms with E-state index in [2.05, 4.69) is 33.9 Å². The molecule has 0 spiro atoms. The molecule has 0 N–H and O–H groups in total. The summed E-state index contributed by atoms with van der Waals surface area (Å²) >= 11 is 0. The highest BCUT2D eigenvalue weighted by molar-refractivity contribution is 6.74. The first-order valence-corrected chi connectivity index (χ1v) is 9.91. The van der Waals surface area contributed by atoms with E-state index in [1.54, 1.807) is 7.11 Å². The van der Waals surface area contributed by atoms with Crippen LogP contribution in [0.1, 0.15) is 32.8 Å². The van der Waals surface area contributed by atoms with Crippen LogP contribution in [-0.4, -0.2) is 21.7 Å². The maximum absolute atomic E-state index is 10.4. The number of aryl methyl sites for hydroxylation is 1. The molecule has 0 aliphatic rings. The standard InChI is InChI=1S/C16H26O3Si/c1-16(2,3)20(5,6)19-14-10-9-13(8-7-11-17)12-15(14)18-4/h9-12H,7-8H2,1-6H3. The third kappa shape index (κ3) is 4.10. The van der Waals surface area contributed by atoms with Crippen molar-refractivity contribution in [3.05, 3.63) is 23.8 Å². The lowest BCUT2D eigenvalue weighted by atomic mass is 10.1. The predicted molar refractivity (Wildman–Crippen MR) is 85.2 cm³/mol. The fraction of sp³-hybridized carbons (Fsp3) is 0.562. The summed E-state index contributed by atoms with van der Waals surface area (Å²) in [5, 5.41) is 0.147. The molecule has 0 radical (unpaired) electrons. The van der Waals surface area contributed by atoms with Gasteiger partial charge in [-0.1, -0.05) is 26.8 Å². The Balaban J connectivity index is 2.99. The van der Waals surface area contributed by atoms with Crippen LogP contribution in [0.5, 0.6) is 11.5 Å². The van der Waals surface area contributed by atoms with Crippen molar-refractivity contribution in [2.24, 2.45) is 0 Å². The highest BCUT2D eigenvalue weighted by atomic mass is 28.4. The van der Waals surface area contributed by atoms with Crippen molar-refractivity contribution >= 4 is 14.6 Å². The second kappa shape index (κ2) is 6.44. The molecular formula is C16H26O3Si. The Morgan fingerprint density at radius 2 is 1.85 bits per heavy atom. The van der Waals surface area contributed by atoms with Gasteiger partial charge in [0.1, 0.15) is 12.0 Å². The molecule has 0 aliphatic heterocycles. The molecule has 0 heterocycles. The third-order valence-corrected chi connectivity index (χ3v) is 8.29. The molecule has 0 unspecified atom stereocenters. The molecule has 1 aromatic rings. The molecule has 0 aliphatic carbocycles. The molecule has 0 amide bonds. The predicted octanol–water partition coefficient (Wildman–Crippen LogP) is 4.21. The van der Waals surface area contributed by atoms with Gasteiger partial charge in [0.15, 0.2) is 5.75 Å². The zero-order valence-corrected chi connectivity index (χ0v) is 14.4. The summed E-state index contributed by atoms with van der Waals surface area (Å²) in [6.45, 7) is 11.1. The average Bonchev–Trinajstić information content (AvgIpc) is 2.35. The Labute approximate surface area is 123 Å². The van der Waals surface area contributed by atoms with Crippen LogP contribution in [-0.2, 0) is 11.2 Å². The summed E-state index contributed by atoms with van der Waals surface area (Å²) in [5.74, 6) is 1.55. The van der Waals surface area contributed by atoms with Crippen LogP contribution in [0.3, 0.4) is 0 Å². The molecule has 0 aromatic heterocycles. The Morgan fingerprint density at radius 3 is 2.35 bits per heavy atom. The number of carbonyl (C=O) groups is 1. The Kier molecular flexibility index (Phi) is 5.40. The zero-order valence-electron chi connectivity index (χ0n) is 13.4. The van der Waals surface area contributed by atoms with E-state index >= 15 is 0 Å². The lowest BCUT2D eigenvalue weighted by Crippen LogP contribution is -2.43. The van der Waals surface area contributed by atoms with Gasteiger partial charge in [0.05, 0.1) is 7.11 Å². The summed E-state index contributed by atoms with van der Waals surface area (Å²) in [6.07, 6.45) is 2.21. The van der Waals surface area contributed by atoms with Crippen molar-refractivity contribution in [2.75, 3.05) is 7.11 Å². The second-order valence-corrected chi connectivity index (χ2v) is 11.3. The van der Waals surface area contributed by atoms with Gasteiger partial charge in [-0.15, -0.1) is 0 Å². The molecule has 1 rings (SSSR count). The first kappa shape index (κ1) is 16.8. The lowest BCUT2D eigenvalue weighted by molar-refractivity contribution is -0.107. The maximum atomic E-state index is 10.4. The second-order valence-electron chi connectivity index (χ2n) is 6.55. The lowest BCUT2D eigenvalue weighted by Gasteiger charge is -2.36. The van der Waals surface area contributed by atoms with Crippen LogP contribution >= 0.6 is 0 Å². The molecule has 4 heteroatoms. The van der Waals surface area contributed by atoms with Crippen molar-refractivity contribution in [2.45, 2.75) is 51.7 Å². The summed E-state index contributed by atoms with van der Waals surface area (Å²) in [4.78, 5) is 10.4. The van der Waals surface area contributed by atoms with Gasteiger partial charge >= 0.3 is 0 Å². The Morgan fingerprint density at radius 1 is 1.20 bits per heavy atom. The Hall–Kier alpha value is -1.29. The quantitative estimate of drug-likeness (QED) is 0.582. The van der Waals surface area contributed by atoms with Crippen LogP contribution in [0.25, 0.3) is 0 Å². The topological polar surface area (TPSA) is 35.5 Å². The van der Waals surface area contributed by atoms with E-state index in [4.69, 9.17) is 9.16 Å². The number of ether oxygens (including phenoxy) is 1. The van der Waals surface area contributed by atoms with Crippen LogP contribution in [0.15, 0.2) is 18.2 Å². The minimum Gasteiger partial charge on any atom is -0.541 e. The molecular weight excluding hydrogens is 268 g/mol. The van der Waals surface area contributed by atoms with Crippen molar-refractivity contribution in [3.8, 4) is 11.5 Å². The van der Waals surface area contributed by atoms with Crippen LogP contribution in [0, 0.1) is 0 Å². The third-order valence-electron chi connectivity index (χ3n) is 3.95. The van der Waals surface area contributed by atoms with Crippen molar-refractivity contribution in [1.29, 1.82) is 0 Å². The number of methoxy groups -OCH3 is 1. The number of carbonyl (C=O) groups excluding carboxylic acids is 1. The minimum atomic E-state index is -1.87. The first-order chi connectivity index (χ1) is 9.21. The summed E-state index contributed by atoms with van der Waals surface area (Å²) in [7, 11) is -0.222. The SMILES string of the molecule is COc1cc(CCC=O)ccc1O[Si](C)(C)C(C)(C)C. The number of aldehydes is 1. The number of hydrogen-bond donors (Lipinski definition) is 0. The molecule has 0 fully saturated rings. The van der Waals surface area contributed by atoms with E-state index in [0.29, 0.717) is 6.42 Å². The summed E-state index contributed by atoms with van der Waals surface area (Å²) in [5.41, 5.74) is 1.09. The van der Waals surface area contributed by atoms with Gasteiger partial charge < -0.3 is 14.0 Å². The van der Waals surface area contributed by atoms with Gasteiger partial charge in [0, 0.05) is 6.42 Å². The normalized spacial score (nSPS) is 12.1. The van der Waals surface area contributed by atoms with Gasteiger partial charge in [0.25, 0.3) is 8.32 Å². The maximum Gasteiger partial charge on any atom is 0.250 e. The molecule has 0 atom stereocenters. The fourth-order valence-corrected chi connectivity index (χ4v) is 2.63. The number of benzene rings is 1. The smallest absolute Gasteiger partial charge is 0.250 e. The Bertz CT molecular complexity index is 461. The number of hydrogen-bond acceptors (Lipinski definition) is 3. The van der Waals surface area contributed by atoms with E-state index in [-0.39, 0.29) is 5.04 Å². The van der Waals surface area contributed by atoms with Crippen molar-refractivity contribution in [1.82, 2.24) is 0 Å². The molecule has 20 heavy (non-hydrogen) atoms. The van der Waals surface area contributed by atoms with Gasteiger partial charge in [-0.2, -0.15) is 0 Å². The zero-order chi connectivity index (χ0) is 15.4. The molecule has 0 saturated heterocycles. The van der Waals surface area contributed by atoms with Gasteiger partial charge in [-0.3, -0.25) is 0 Å². The molecule has 3 nitrogen and oxygen atoms in total. The number of rotatable bonds is 6. The van der Waals surface area contributed by atoms with Crippen molar-refractivity contribution in [3.63, 3.8) is 0 Å². The fourth-order valence-electron chi connectivity index (χ4n) is 1.61. The monoisotopic (exact) mass is 294 g/mol. The van der Waals surface area contributed by atoms with E-state index < -0.39 is 8.32 Å². The summed E-state index contributed by atoms with van der Waals surface area (Å²) in [6, 6.07) is 5.93. The average molecular weight is 294 g/mol. The van der Waals surface area contributed by atoms with Crippen molar-refractivity contribution < 1.29 is 14.0 Å². The molecule has 112 valence electrons. The van der Waals surface area contributed by atoms with Crippen LogP contribution in [0.2, 0.25) is 18.1 Å². The minimum absolute atomic E-state index is 0.147. The van der Waals surface area contributed by atoms with Gasteiger partial charge in [-0.25, -0.2) is 0 Å². The van der Waals surface area contributed by atoms with Crippen LogP contribution < -0.4 is 9.16 Å². The van der Waals surface area contributed by atoms with Crippen LogP contribution in [0.4, 0.5) is 0 Å². The van der Waals surface area contributed by atoms with E-state index in [1.807, 2.05) is 18.2 Å². The van der Waals surface area contributed by atoms with E-state index in [1.165, 1.54) is 0 Å². The molecule has 0 bridgehead atoms. The highest BCUT2D eigenvalue weighted by Crippen LogP contribution is 2.40. The summed E-state index contributed by atoms with van der Waals surface area (Å²) < 4.78 is 11.7. The molecule has 0 saturated carbocycles. The highest BCUT2D eigenvalue weighted by Gasteiger charge is 2.39. The largest absolute Gasteiger partial charge is 0.541 e. The van der Waals surface area contributed by atoms with Gasteiger partial charge in [-0.05, 0) is 42.2 Å². The van der Waals surface area contributed by atoms with E-state index in [9.17, 15) is 4.79 Å². The van der Waals surface area contributed by atoms with E-state index in [0.717, 1.165) is 29.8 Å². The van der Waals surface area contributed by atoms with Gasteiger partial charge in [0.2, 0.25) is 0 Å².